The van der Waals surface area contributed by atoms with Crippen molar-refractivity contribution in [2.75, 3.05) is 0 Å². The minimum absolute atomic E-state index is 0.183. The van der Waals surface area contributed by atoms with Crippen LogP contribution in [0.1, 0.15) is 12.8 Å². The smallest absolute Gasteiger partial charge is 0.361 e. The number of carbonyl (C=O) groups excluding carboxylic acids is 2. The van der Waals surface area contributed by atoms with E-state index < -0.39 is 11.9 Å². The number of hydrogen-bond acceptors (Lipinski definition) is 4. The summed E-state index contributed by atoms with van der Waals surface area (Å²) < 4.78 is 0. The maximum atomic E-state index is 11.7. The molecule has 0 aromatic carbocycles. The van der Waals surface area contributed by atoms with Crippen LogP contribution in [0, 0.1) is 0 Å². The lowest BCUT2D eigenvalue weighted by molar-refractivity contribution is -0.251. The van der Waals surface area contributed by atoms with Gasteiger partial charge in [-0.05, 0) is 12.2 Å². The van der Waals surface area contributed by atoms with Crippen molar-refractivity contribution in [3.8, 4) is 0 Å². The molecule has 110 valence electrons. The first-order chi connectivity index (χ1) is 10.6. The average molecular weight is 298 g/mol. The summed E-state index contributed by atoms with van der Waals surface area (Å²) in [4.78, 5) is 38.2. The Morgan fingerprint density at radius 3 is 1.50 bits per heavy atom. The van der Waals surface area contributed by atoms with E-state index in [0.29, 0.717) is 11.4 Å². The summed E-state index contributed by atoms with van der Waals surface area (Å²) in [6.07, 6.45) is 9.16. The van der Waals surface area contributed by atoms with Gasteiger partial charge in [0.05, 0.1) is 24.0 Å². The Hall–Kier alpha value is -3.34. The molecule has 0 heterocycles. The van der Waals surface area contributed by atoms with E-state index in [9.17, 15) is 9.59 Å². The molecule has 0 radical (unpaired) electrons. The molecule has 0 amide bonds. The minimum Gasteiger partial charge on any atom is -0.361 e. The predicted octanol–water partition coefficient (Wildman–Crippen LogP) is 1.10. The molecular formula is C14H10N4O4. The van der Waals surface area contributed by atoms with E-state index in [1.54, 1.807) is 0 Å². The molecule has 8 nitrogen and oxygen atoms in total. The van der Waals surface area contributed by atoms with E-state index in [1.165, 1.54) is 36.5 Å². The van der Waals surface area contributed by atoms with Gasteiger partial charge in [0.25, 0.3) is 11.4 Å². The van der Waals surface area contributed by atoms with Crippen LogP contribution >= 0.6 is 0 Å². The first-order valence-electron chi connectivity index (χ1n) is 6.25. The molecule has 0 saturated carbocycles. The van der Waals surface area contributed by atoms with Crippen molar-refractivity contribution < 1.29 is 28.9 Å². The van der Waals surface area contributed by atoms with Crippen molar-refractivity contribution >= 4 is 23.4 Å². The van der Waals surface area contributed by atoms with E-state index in [0.717, 1.165) is 0 Å². The highest BCUT2D eigenvalue weighted by molar-refractivity contribution is 6.02. The van der Waals surface area contributed by atoms with Gasteiger partial charge in [-0.1, -0.05) is 12.2 Å². The summed E-state index contributed by atoms with van der Waals surface area (Å²) in [7, 11) is 0. The summed E-state index contributed by atoms with van der Waals surface area (Å²) in [5, 5.41) is 0. The van der Waals surface area contributed by atoms with Gasteiger partial charge >= 0.3 is 11.9 Å². The Bertz CT molecular complexity index is 681. The highest BCUT2D eigenvalue weighted by Gasteiger charge is 2.20. The van der Waals surface area contributed by atoms with Gasteiger partial charge in [-0.15, -0.1) is 0 Å². The third-order valence-corrected chi connectivity index (χ3v) is 2.89. The molecule has 2 aliphatic carbocycles. The van der Waals surface area contributed by atoms with Crippen LogP contribution in [0.4, 0.5) is 0 Å². The fourth-order valence-corrected chi connectivity index (χ4v) is 1.70. The zero-order valence-electron chi connectivity index (χ0n) is 11.3. The van der Waals surface area contributed by atoms with Gasteiger partial charge in [0.1, 0.15) is 0 Å². The molecule has 2 aliphatic rings. The van der Waals surface area contributed by atoms with Crippen LogP contribution in [-0.4, -0.2) is 32.9 Å². The predicted molar refractivity (Wildman–Crippen MR) is 73.1 cm³/mol. The number of hydrogen-bond donors (Lipinski definition) is 0. The lowest BCUT2D eigenvalue weighted by Gasteiger charge is -2.06. The van der Waals surface area contributed by atoms with Gasteiger partial charge in [0, 0.05) is 12.2 Å². The van der Waals surface area contributed by atoms with Crippen molar-refractivity contribution in [3.05, 3.63) is 58.7 Å². The Kier molecular flexibility index (Phi) is 4.72. The number of carbonyl (C=O) groups is 2. The third-order valence-electron chi connectivity index (χ3n) is 2.89. The second-order valence-corrected chi connectivity index (χ2v) is 4.32. The summed E-state index contributed by atoms with van der Waals surface area (Å²) in [5.41, 5.74) is 18.3. The van der Waals surface area contributed by atoms with Crippen molar-refractivity contribution in [1.82, 2.24) is 0 Å². The van der Waals surface area contributed by atoms with Gasteiger partial charge in [-0.2, -0.15) is 9.58 Å². The van der Waals surface area contributed by atoms with Crippen LogP contribution in [0.2, 0.25) is 0 Å². The van der Waals surface area contributed by atoms with Gasteiger partial charge in [-0.3, -0.25) is 0 Å². The second kappa shape index (κ2) is 6.90. The van der Waals surface area contributed by atoms with Crippen LogP contribution in [0.15, 0.2) is 47.6 Å². The molecule has 0 aliphatic heterocycles. The van der Waals surface area contributed by atoms with Crippen LogP contribution in [0.3, 0.4) is 0 Å². The van der Waals surface area contributed by atoms with Gasteiger partial charge in [0.2, 0.25) is 0 Å². The normalized spacial score (nSPS) is 16.2. The Morgan fingerprint density at radius 1 is 0.818 bits per heavy atom. The first kappa shape index (κ1) is 15.1. The molecule has 0 fully saturated rings. The quantitative estimate of drug-likeness (QED) is 0.327. The minimum atomic E-state index is -0.834. The monoisotopic (exact) mass is 298 g/mol. The molecule has 0 spiro atoms. The van der Waals surface area contributed by atoms with Gasteiger partial charge in [-0.25, -0.2) is 19.4 Å². The SMILES string of the molecule is [N-]=[N+]=C1C=CC(C(=O)OOC(=O)C2=CCC(=[N+]=[N-])C=C2)=CC1. The molecular weight excluding hydrogens is 288 g/mol. The lowest BCUT2D eigenvalue weighted by atomic mass is 10.1. The van der Waals surface area contributed by atoms with E-state index in [1.807, 2.05) is 0 Å². The van der Waals surface area contributed by atoms with Crippen LogP contribution in [0.5, 0.6) is 0 Å². The van der Waals surface area contributed by atoms with E-state index in [2.05, 4.69) is 19.4 Å². The maximum absolute atomic E-state index is 11.7. The standard InChI is InChI=1S/C14H10N4O4/c15-17-11-5-1-9(2-6-11)13(19)21-22-14(20)10-3-7-12(18-16)8-4-10/h1-5,7H,6,8H2. The maximum Gasteiger partial charge on any atom is 0.386 e. The molecule has 8 heteroatoms. The van der Waals surface area contributed by atoms with E-state index in [4.69, 9.17) is 11.1 Å². The van der Waals surface area contributed by atoms with Crippen molar-refractivity contribution in [1.29, 1.82) is 0 Å². The van der Waals surface area contributed by atoms with Crippen molar-refractivity contribution in [2.24, 2.45) is 0 Å². The van der Waals surface area contributed by atoms with Crippen molar-refractivity contribution in [3.63, 3.8) is 0 Å². The van der Waals surface area contributed by atoms with Crippen LogP contribution in [-0.2, 0) is 19.4 Å². The molecule has 0 aromatic heterocycles. The van der Waals surface area contributed by atoms with E-state index >= 15 is 0 Å². The topological polar surface area (TPSA) is 125 Å². The Morgan fingerprint density at radius 2 is 1.23 bits per heavy atom. The molecule has 0 bridgehead atoms. The molecule has 0 atom stereocenters. The largest absolute Gasteiger partial charge is 0.386 e. The molecule has 2 rings (SSSR count). The lowest BCUT2D eigenvalue weighted by Crippen LogP contribution is -2.16. The molecule has 0 unspecified atom stereocenters. The highest BCUT2D eigenvalue weighted by Crippen LogP contribution is 2.12. The molecule has 0 N–H and O–H groups in total. The highest BCUT2D eigenvalue weighted by atomic mass is 17.2. The molecule has 0 saturated heterocycles. The fourth-order valence-electron chi connectivity index (χ4n) is 1.70. The zero-order chi connectivity index (χ0) is 15.9. The number of rotatable bonds is 2. The third kappa shape index (κ3) is 3.61. The van der Waals surface area contributed by atoms with Gasteiger partial charge < -0.3 is 11.1 Å². The summed E-state index contributed by atoms with van der Waals surface area (Å²) in [5.74, 6) is -1.67. The van der Waals surface area contributed by atoms with Crippen LogP contribution in [0.25, 0.3) is 11.1 Å². The number of nitrogens with zero attached hydrogens (tertiary/aromatic N) is 4. The van der Waals surface area contributed by atoms with Crippen LogP contribution < -0.4 is 0 Å². The van der Waals surface area contributed by atoms with Gasteiger partial charge in [0.15, 0.2) is 0 Å². The Balaban J connectivity index is 1.89. The summed E-state index contributed by atoms with van der Waals surface area (Å²) >= 11 is 0. The average Bonchev–Trinajstić information content (AvgIpc) is 2.59. The number of allylic oxidation sites excluding steroid dienone is 4. The first-order valence-corrected chi connectivity index (χ1v) is 6.25. The summed E-state index contributed by atoms with van der Waals surface area (Å²) in [6, 6.07) is 0. The Labute approximate surface area is 124 Å². The second-order valence-electron chi connectivity index (χ2n) is 4.32. The fraction of sp³-hybridized carbons (Fsp3) is 0.143. The van der Waals surface area contributed by atoms with Crippen molar-refractivity contribution in [2.45, 2.75) is 12.8 Å². The molecule has 22 heavy (non-hydrogen) atoms. The summed E-state index contributed by atoms with van der Waals surface area (Å²) in [6.45, 7) is 0. The molecule has 0 aromatic rings. The van der Waals surface area contributed by atoms with E-state index in [-0.39, 0.29) is 24.0 Å². The zero-order valence-corrected chi connectivity index (χ0v) is 11.3.